The number of carbonyl (C=O) groups is 1. The maximum Gasteiger partial charge on any atom is 0.410 e. The third-order valence-electron chi connectivity index (χ3n) is 3.43. The summed E-state index contributed by atoms with van der Waals surface area (Å²) in [6.07, 6.45) is -0.277. The number of hydrogen-bond donors (Lipinski definition) is 0. The first-order valence-electron chi connectivity index (χ1n) is 7.39. The molecule has 0 aliphatic carbocycles. The lowest BCUT2D eigenvalue weighted by Gasteiger charge is -2.35. The van der Waals surface area contributed by atoms with Crippen LogP contribution >= 0.6 is 15.9 Å². The topological polar surface area (TPSA) is 32.8 Å². The molecule has 122 valence electrons. The van der Waals surface area contributed by atoms with Crippen molar-refractivity contribution in [3.8, 4) is 0 Å². The second kappa shape index (κ2) is 6.96. The Bertz CT molecular complexity index is 537. The van der Waals surface area contributed by atoms with E-state index in [2.05, 4.69) is 20.8 Å². The van der Waals surface area contributed by atoms with Gasteiger partial charge in [-0.1, -0.05) is 15.9 Å². The molecule has 0 atom stereocenters. The predicted octanol–water partition coefficient (Wildman–Crippen LogP) is 3.64. The molecule has 22 heavy (non-hydrogen) atoms. The van der Waals surface area contributed by atoms with Gasteiger partial charge < -0.3 is 9.64 Å². The summed E-state index contributed by atoms with van der Waals surface area (Å²) >= 11 is 3.36. The summed E-state index contributed by atoms with van der Waals surface area (Å²) in [5.41, 5.74) is 0.188. The Morgan fingerprint density at radius 1 is 1.27 bits per heavy atom. The Hall–Kier alpha value is -1.14. The quantitative estimate of drug-likeness (QED) is 0.794. The molecule has 1 heterocycles. The lowest BCUT2D eigenvalue weighted by molar-refractivity contribution is 0.0138. The lowest BCUT2D eigenvalue weighted by Crippen LogP contribution is -2.49. The van der Waals surface area contributed by atoms with Crippen molar-refractivity contribution in [3.05, 3.63) is 34.1 Å². The van der Waals surface area contributed by atoms with E-state index >= 15 is 0 Å². The van der Waals surface area contributed by atoms with E-state index in [0.717, 1.165) is 4.47 Å². The van der Waals surface area contributed by atoms with Crippen LogP contribution in [-0.2, 0) is 11.3 Å². The second-order valence-electron chi connectivity index (χ2n) is 6.48. The van der Waals surface area contributed by atoms with E-state index in [1.54, 1.807) is 17.0 Å². The van der Waals surface area contributed by atoms with Crippen LogP contribution in [0.1, 0.15) is 26.3 Å². The smallest absolute Gasteiger partial charge is 0.410 e. The van der Waals surface area contributed by atoms with Gasteiger partial charge in [0, 0.05) is 42.8 Å². The van der Waals surface area contributed by atoms with Crippen LogP contribution in [0.5, 0.6) is 0 Å². The minimum Gasteiger partial charge on any atom is -0.444 e. The Morgan fingerprint density at radius 3 is 2.50 bits per heavy atom. The molecule has 1 aliphatic heterocycles. The van der Waals surface area contributed by atoms with E-state index in [4.69, 9.17) is 4.74 Å². The van der Waals surface area contributed by atoms with Crippen LogP contribution in [0.15, 0.2) is 22.7 Å². The zero-order valence-corrected chi connectivity index (χ0v) is 14.8. The summed E-state index contributed by atoms with van der Waals surface area (Å²) < 4.78 is 20.0. The third kappa shape index (κ3) is 4.95. The van der Waals surface area contributed by atoms with Gasteiger partial charge in [-0.3, -0.25) is 4.90 Å². The number of halogens is 2. The highest BCUT2D eigenvalue weighted by Crippen LogP contribution is 2.18. The standard InChI is InChI=1S/C16H22BrFN2O2/c1-16(2,3)22-15(21)20-8-6-19(7-9-20)11-12-10-13(17)4-5-14(12)18/h4-5,10H,6-9,11H2,1-3H3. The van der Waals surface area contributed by atoms with Crippen molar-refractivity contribution in [3.63, 3.8) is 0 Å². The molecule has 0 N–H and O–H groups in total. The molecule has 0 spiro atoms. The zero-order chi connectivity index (χ0) is 16.3. The number of amides is 1. The van der Waals surface area contributed by atoms with Crippen LogP contribution in [0.25, 0.3) is 0 Å². The van der Waals surface area contributed by atoms with Gasteiger partial charge in [-0.2, -0.15) is 0 Å². The van der Waals surface area contributed by atoms with Gasteiger partial charge in [-0.25, -0.2) is 9.18 Å². The van der Waals surface area contributed by atoms with Crippen molar-refractivity contribution >= 4 is 22.0 Å². The molecule has 0 radical (unpaired) electrons. The van der Waals surface area contributed by atoms with E-state index in [-0.39, 0.29) is 11.9 Å². The largest absolute Gasteiger partial charge is 0.444 e. The molecule has 4 nitrogen and oxygen atoms in total. The molecule has 0 saturated carbocycles. The first-order chi connectivity index (χ1) is 10.2. The third-order valence-corrected chi connectivity index (χ3v) is 3.92. The molecule has 1 fully saturated rings. The number of rotatable bonds is 2. The van der Waals surface area contributed by atoms with Crippen molar-refractivity contribution in [1.29, 1.82) is 0 Å². The van der Waals surface area contributed by atoms with Crippen molar-refractivity contribution in [2.75, 3.05) is 26.2 Å². The highest BCUT2D eigenvalue weighted by Gasteiger charge is 2.26. The Morgan fingerprint density at radius 2 is 1.91 bits per heavy atom. The van der Waals surface area contributed by atoms with Crippen LogP contribution in [0.2, 0.25) is 0 Å². The molecular formula is C16H22BrFN2O2. The Kier molecular flexibility index (Phi) is 5.45. The fraction of sp³-hybridized carbons (Fsp3) is 0.562. The van der Waals surface area contributed by atoms with Crippen LogP contribution < -0.4 is 0 Å². The van der Waals surface area contributed by atoms with Crippen LogP contribution in [0.3, 0.4) is 0 Å². The number of piperazine rings is 1. The van der Waals surface area contributed by atoms with Gasteiger partial charge in [0.2, 0.25) is 0 Å². The van der Waals surface area contributed by atoms with E-state index in [9.17, 15) is 9.18 Å². The van der Waals surface area contributed by atoms with Gasteiger partial charge in [-0.05, 0) is 39.0 Å². The summed E-state index contributed by atoms with van der Waals surface area (Å²) in [6, 6.07) is 4.96. The Balaban J connectivity index is 1.87. The number of hydrogen-bond acceptors (Lipinski definition) is 3. The molecule has 0 unspecified atom stereocenters. The van der Waals surface area contributed by atoms with Gasteiger partial charge >= 0.3 is 6.09 Å². The van der Waals surface area contributed by atoms with Gasteiger partial charge in [0.15, 0.2) is 0 Å². The molecular weight excluding hydrogens is 351 g/mol. The molecule has 0 bridgehead atoms. The predicted molar refractivity (Wildman–Crippen MR) is 87.2 cm³/mol. The Labute approximate surface area is 139 Å². The minimum absolute atomic E-state index is 0.197. The lowest BCUT2D eigenvalue weighted by atomic mass is 10.2. The van der Waals surface area contributed by atoms with Crippen molar-refractivity contribution in [2.24, 2.45) is 0 Å². The summed E-state index contributed by atoms with van der Waals surface area (Å²) in [7, 11) is 0. The number of benzene rings is 1. The molecule has 1 aromatic rings. The van der Waals surface area contributed by atoms with Gasteiger partial charge in [0.25, 0.3) is 0 Å². The molecule has 1 aliphatic rings. The zero-order valence-electron chi connectivity index (χ0n) is 13.2. The number of nitrogens with zero attached hydrogens (tertiary/aromatic N) is 2. The van der Waals surface area contributed by atoms with E-state index in [1.165, 1.54) is 6.07 Å². The molecule has 1 saturated heterocycles. The van der Waals surface area contributed by atoms with Gasteiger partial charge in [0.05, 0.1) is 0 Å². The first-order valence-corrected chi connectivity index (χ1v) is 8.18. The average molecular weight is 373 g/mol. The SMILES string of the molecule is CC(C)(C)OC(=O)N1CCN(Cc2cc(Br)ccc2F)CC1. The molecule has 6 heteroatoms. The summed E-state index contributed by atoms with van der Waals surface area (Å²) in [4.78, 5) is 15.8. The monoisotopic (exact) mass is 372 g/mol. The van der Waals surface area contributed by atoms with Crippen molar-refractivity contribution in [1.82, 2.24) is 9.80 Å². The maximum atomic E-state index is 13.8. The van der Waals surface area contributed by atoms with Crippen LogP contribution in [-0.4, -0.2) is 47.7 Å². The number of ether oxygens (including phenoxy) is 1. The van der Waals surface area contributed by atoms with E-state index in [0.29, 0.717) is 38.3 Å². The van der Waals surface area contributed by atoms with Gasteiger partial charge in [0.1, 0.15) is 11.4 Å². The van der Waals surface area contributed by atoms with Crippen LogP contribution in [0, 0.1) is 5.82 Å². The fourth-order valence-corrected chi connectivity index (χ4v) is 2.73. The van der Waals surface area contributed by atoms with E-state index < -0.39 is 5.60 Å². The van der Waals surface area contributed by atoms with Crippen molar-refractivity contribution < 1.29 is 13.9 Å². The second-order valence-corrected chi connectivity index (χ2v) is 7.39. The van der Waals surface area contributed by atoms with E-state index in [1.807, 2.05) is 20.8 Å². The molecule has 0 aromatic heterocycles. The minimum atomic E-state index is -0.479. The molecule has 1 aromatic carbocycles. The average Bonchev–Trinajstić information content (AvgIpc) is 2.42. The maximum absolute atomic E-state index is 13.8. The first kappa shape index (κ1) is 17.2. The summed E-state index contributed by atoms with van der Waals surface area (Å²) in [5.74, 6) is -0.197. The highest BCUT2D eigenvalue weighted by atomic mass is 79.9. The summed E-state index contributed by atoms with van der Waals surface area (Å²) in [5, 5.41) is 0. The fourth-order valence-electron chi connectivity index (χ4n) is 2.32. The van der Waals surface area contributed by atoms with Crippen molar-refractivity contribution in [2.45, 2.75) is 32.9 Å². The number of carbonyl (C=O) groups excluding carboxylic acids is 1. The normalized spacial score (nSPS) is 16.7. The molecule has 2 rings (SSSR count). The molecule has 1 amide bonds. The highest BCUT2D eigenvalue weighted by molar-refractivity contribution is 9.10. The van der Waals surface area contributed by atoms with Crippen LogP contribution in [0.4, 0.5) is 9.18 Å². The van der Waals surface area contributed by atoms with Gasteiger partial charge in [-0.15, -0.1) is 0 Å². The summed E-state index contributed by atoms with van der Waals surface area (Å²) in [6.45, 7) is 8.75.